The molecule has 0 atom stereocenters. The zero-order chi connectivity index (χ0) is 11.3. The fourth-order valence-corrected chi connectivity index (χ4v) is 2.04. The fraction of sp³-hybridized carbons (Fsp3) is 0.417. The van der Waals surface area contributed by atoms with Crippen molar-refractivity contribution in [2.24, 2.45) is 0 Å². The molecular weight excluding hydrogens is 303 g/mol. The second kappa shape index (κ2) is 6.10. The zero-order valence-corrected chi connectivity index (χ0v) is 11.2. The summed E-state index contributed by atoms with van der Waals surface area (Å²) in [7, 11) is 0. The zero-order valence-electron chi connectivity index (χ0n) is 9.05. The number of aldehydes is 1. The Morgan fingerprint density at radius 1 is 1.47 bits per heavy atom. The van der Waals surface area contributed by atoms with Crippen LogP contribution in [-0.4, -0.2) is 12.9 Å². The number of hydrogen-bond acceptors (Lipinski definition) is 2. The summed E-state index contributed by atoms with van der Waals surface area (Å²) in [6.45, 7) is 4.77. The molecule has 0 unspecified atom stereocenters. The van der Waals surface area contributed by atoms with E-state index in [1.807, 2.05) is 19.1 Å². The Morgan fingerprint density at radius 3 is 2.80 bits per heavy atom. The highest BCUT2D eigenvalue weighted by molar-refractivity contribution is 14.1. The van der Waals surface area contributed by atoms with E-state index < -0.39 is 0 Å². The van der Waals surface area contributed by atoms with Gasteiger partial charge in [-0.1, -0.05) is 19.4 Å². The molecule has 0 radical (unpaired) electrons. The lowest BCUT2D eigenvalue weighted by molar-refractivity contribution is 0.112. The van der Waals surface area contributed by atoms with Gasteiger partial charge in [0, 0.05) is 11.1 Å². The van der Waals surface area contributed by atoms with Crippen LogP contribution in [0.3, 0.4) is 0 Å². The van der Waals surface area contributed by atoms with Crippen molar-refractivity contribution in [3.05, 3.63) is 26.8 Å². The van der Waals surface area contributed by atoms with Crippen molar-refractivity contribution >= 4 is 28.9 Å². The summed E-state index contributed by atoms with van der Waals surface area (Å²) in [5, 5.41) is 0. The third-order valence-electron chi connectivity index (χ3n) is 2.27. The molecule has 0 fully saturated rings. The normalized spacial score (nSPS) is 10.1. The van der Waals surface area contributed by atoms with Gasteiger partial charge < -0.3 is 4.74 Å². The topological polar surface area (TPSA) is 26.3 Å². The number of carbonyl (C=O) groups excluding carboxylic acids is 1. The molecule has 0 aliphatic rings. The first-order valence-electron chi connectivity index (χ1n) is 5.07. The van der Waals surface area contributed by atoms with E-state index in [1.54, 1.807) is 0 Å². The van der Waals surface area contributed by atoms with Crippen LogP contribution < -0.4 is 4.74 Å². The Hall–Kier alpha value is -0.580. The van der Waals surface area contributed by atoms with Crippen LogP contribution in [0, 0.1) is 10.5 Å². The Bertz CT molecular complexity index is 348. The molecule has 0 aliphatic heterocycles. The van der Waals surface area contributed by atoms with Crippen molar-refractivity contribution in [3.63, 3.8) is 0 Å². The Labute approximate surface area is 104 Å². The van der Waals surface area contributed by atoms with Gasteiger partial charge in [-0.2, -0.15) is 0 Å². The van der Waals surface area contributed by atoms with Gasteiger partial charge in [-0.3, -0.25) is 4.79 Å². The number of ether oxygens (including phenoxy) is 1. The number of carbonyl (C=O) groups is 1. The Morgan fingerprint density at radius 2 is 2.20 bits per heavy atom. The van der Waals surface area contributed by atoms with E-state index in [1.165, 1.54) is 0 Å². The highest BCUT2D eigenvalue weighted by atomic mass is 127. The molecule has 0 saturated heterocycles. The predicted molar refractivity (Wildman–Crippen MR) is 69.7 cm³/mol. The minimum Gasteiger partial charge on any atom is -0.492 e. The lowest BCUT2D eigenvalue weighted by Gasteiger charge is -2.12. The molecule has 0 aliphatic carbocycles. The summed E-state index contributed by atoms with van der Waals surface area (Å²) in [5.74, 6) is 0.855. The highest BCUT2D eigenvalue weighted by Crippen LogP contribution is 2.27. The van der Waals surface area contributed by atoms with E-state index in [0.717, 1.165) is 40.6 Å². The summed E-state index contributed by atoms with van der Waals surface area (Å²) in [6.07, 6.45) is 3.03. The summed E-state index contributed by atoms with van der Waals surface area (Å²) in [6, 6.07) is 3.75. The molecule has 15 heavy (non-hydrogen) atoms. The number of hydrogen-bond donors (Lipinski definition) is 0. The van der Waals surface area contributed by atoms with E-state index in [-0.39, 0.29) is 0 Å². The van der Waals surface area contributed by atoms with Gasteiger partial charge in [0.05, 0.1) is 10.2 Å². The first-order chi connectivity index (χ1) is 7.20. The van der Waals surface area contributed by atoms with Crippen LogP contribution in [0.1, 0.15) is 35.7 Å². The van der Waals surface area contributed by atoms with Crippen LogP contribution in [0.15, 0.2) is 12.1 Å². The monoisotopic (exact) mass is 318 g/mol. The molecule has 0 amide bonds. The van der Waals surface area contributed by atoms with E-state index in [9.17, 15) is 4.79 Å². The Kier molecular flexibility index (Phi) is 5.08. The molecule has 1 rings (SSSR count). The van der Waals surface area contributed by atoms with Crippen molar-refractivity contribution in [2.45, 2.75) is 26.7 Å². The van der Waals surface area contributed by atoms with Crippen molar-refractivity contribution in [3.8, 4) is 5.75 Å². The van der Waals surface area contributed by atoms with E-state index >= 15 is 0 Å². The number of benzene rings is 1. The molecule has 1 aromatic rings. The second-order valence-electron chi connectivity index (χ2n) is 3.41. The molecule has 2 nitrogen and oxygen atoms in total. The van der Waals surface area contributed by atoms with E-state index in [4.69, 9.17) is 4.74 Å². The number of unbranched alkanes of at least 4 members (excludes halogenated alkanes) is 1. The standard InChI is InChI=1S/C12H15IO2/c1-3-4-7-15-12-9(2)10(8-14)5-6-11(12)13/h5-6,8H,3-4,7H2,1-2H3. The van der Waals surface area contributed by atoms with Crippen molar-refractivity contribution < 1.29 is 9.53 Å². The van der Waals surface area contributed by atoms with Gasteiger partial charge >= 0.3 is 0 Å². The SMILES string of the molecule is CCCCOc1c(I)ccc(C=O)c1C. The molecule has 0 saturated carbocycles. The lowest BCUT2D eigenvalue weighted by Crippen LogP contribution is -2.02. The van der Waals surface area contributed by atoms with Gasteiger partial charge in [-0.05, 0) is 42.0 Å². The number of halogens is 1. The van der Waals surface area contributed by atoms with Gasteiger partial charge in [0.2, 0.25) is 0 Å². The fourth-order valence-electron chi connectivity index (χ4n) is 1.30. The minimum absolute atomic E-state index is 0.710. The summed E-state index contributed by atoms with van der Waals surface area (Å²) < 4.78 is 6.75. The van der Waals surface area contributed by atoms with Gasteiger partial charge in [-0.15, -0.1) is 0 Å². The van der Waals surface area contributed by atoms with Crippen LogP contribution in [-0.2, 0) is 0 Å². The van der Waals surface area contributed by atoms with E-state index in [2.05, 4.69) is 29.5 Å². The van der Waals surface area contributed by atoms with Gasteiger partial charge in [0.1, 0.15) is 12.0 Å². The molecule has 0 N–H and O–H groups in total. The second-order valence-corrected chi connectivity index (χ2v) is 4.57. The smallest absolute Gasteiger partial charge is 0.150 e. The molecule has 82 valence electrons. The van der Waals surface area contributed by atoms with Crippen molar-refractivity contribution in [1.29, 1.82) is 0 Å². The van der Waals surface area contributed by atoms with Crippen molar-refractivity contribution in [2.75, 3.05) is 6.61 Å². The number of rotatable bonds is 5. The molecule has 0 heterocycles. The maximum atomic E-state index is 10.8. The molecule has 1 aromatic carbocycles. The largest absolute Gasteiger partial charge is 0.492 e. The van der Waals surface area contributed by atoms with Crippen LogP contribution >= 0.6 is 22.6 Å². The highest BCUT2D eigenvalue weighted by Gasteiger charge is 2.08. The van der Waals surface area contributed by atoms with Crippen LogP contribution in [0.25, 0.3) is 0 Å². The average molecular weight is 318 g/mol. The van der Waals surface area contributed by atoms with Crippen LogP contribution in [0.2, 0.25) is 0 Å². The van der Waals surface area contributed by atoms with Gasteiger partial charge in [0.15, 0.2) is 0 Å². The molecular formula is C12H15IO2. The predicted octanol–water partition coefficient (Wildman–Crippen LogP) is 3.59. The first-order valence-corrected chi connectivity index (χ1v) is 6.15. The third kappa shape index (κ3) is 3.19. The van der Waals surface area contributed by atoms with Gasteiger partial charge in [0.25, 0.3) is 0 Å². The molecule has 3 heteroatoms. The maximum absolute atomic E-state index is 10.8. The summed E-state index contributed by atoms with van der Waals surface area (Å²) in [5.41, 5.74) is 1.65. The first kappa shape index (κ1) is 12.5. The molecule has 0 spiro atoms. The summed E-state index contributed by atoms with van der Waals surface area (Å²) in [4.78, 5) is 10.8. The van der Waals surface area contributed by atoms with Crippen LogP contribution in [0.4, 0.5) is 0 Å². The minimum atomic E-state index is 0.710. The summed E-state index contributed by atoms with van der Waals surface area (Å²) >= 11 is 2.23. The van der Waals surface area contributed by atoms with E-state index in [0.29, 0.717) is 5.56 Å². The lowest BCUT2D eigenvalue weighted by atomic mass is 10.1. The third-order valence-corrected chi connectivity index (χ3v) is 3.12. The Balaban J connectivity index is 2.89. The van der Waals surface area contributed by atoms with Crippen molar-refractivity contribution in [1.82, 2.24) is 0 Å². The van der Waals surface area contributed by atoms with Crippen LogP contribution in [0.5, 0.6) is 5.75 Å². The molecule has 0 bridgehead atoms. The quantitative estimate of drug-likeness (QED) is 0.471. The van der Waals surface area contributed by atoms with Gasteiger partial charge in [-0.25, -0.2) is 0 Å². The average Bonchev–Trinajstić information content (AvgIpc) is 2.23. The maximum Gasteiger partial charge on any atom is 0.150 e. The molecule has 0 aromatic heterocycles.